The molecule has 0 aliphatic heterocycles. The Morgan fingerprint density at radius 2 is 1.02 bits per heavy atom. The first-order valence-electron chi connectivity index (χ1n) is 18.7. The normalized spacial score (nSPS) is 14.3. The number of fused-ring (bicyclic) bond motifs is 3. The zero-order valence-corrected chi connectivity index (χ0v) is 36.4. The number of Topliss-reactive ketones (excluding diaryl/α,β-unsaturated/α-hetero) is 1. The molecule has 8 rings (SSSR count). The maximum atomic E-state index is 13.7. The molecule has 0 bridgehead atoms. The third-order valence-electron chi connectivity index (χ3n) is 9.84. The van der Waals surface area contributed by atoms with Crippen molar-refractivity contribution < 1.29 is 56.7 Å². The number of para-hydroxylation sites is 1. The van der Waals surface area contributed by atoms with Gasteiger partial charge in [-0.2, -0.15) is 38.8 Å². The Morgan fingerprint density at radius 1 is 0.455 bits per heavy atom. The van der Waals surface area contributed by atoms with E-state index in [1.165, 1.54) is 36.4 Å². The lowest BCUT2D eigenvalue weighted by molar-refractivity contribution is 0.106. The molecule has 0 atom stereocenters. The van der Waals surface area contributed by atoms with Gasteiger partial charge in [0.15, 0.2) is 5.71 Å². The van der Waals surface area contributed by atoms with Crippen molar-refractivity contribution in [2.75, 3.05) is 10.7 Å². The van der Waals surface area contributed by atoms with Crippen molar-refractivity contribution in [3.05, 3.63) is 149 Å². The van der Waals surface area contributed by atoms with E-state index in [1.54, 1.807) is 36.4 Å². The van der Waals surface area contributed by atoms with Gasteiger partial charge in [0.1, 0.15) is 15.5 Å². The molecule has 0 saturated carbocycles. The first-order valence-corrected chi connectivity index (χ1v) is 24.4. The number of allylic oxidation sites excluding steroid dienone is 1. The van der Waals surface area contributed by atoms with Gasteiger partial charge in [0.25, 0.3) is 40.5 Å². The van der Waals surface area contributed by atoms with Gasteiger partial charge in [-0.15, -0.1) is 20.5 Å². The third kappa shape index (κ3) is 9.51. The predicted octanol–water partition coefficient (Wildman–Crippen LogP) is 9.20. The van der Waals surface area contributed by atoms with Crippen LogP contribution >= 0.6 is 0 Å². The Labute approximate surface area is 374 Å². The second-order valence-corrected chi connectivity index (χ2v) is 19.7. The third-order valence-corrected chi connectivity index (χ3v) is 13.3. The van der Waals surface area contributed by atoms with E-state index in [1.807, 2.05) is 30.3 Å². The molecule has 0 fully saturated rings. The molecule has 7 aromatic carbocycles. The van der Waals surface area contributed by atoms with Gasteiger partial charge in [-0.05, 0) is 96.6 Å². The van der Waals surface area contributed by atoms with Gasteiger partial charge in [0, 0.05) is 38.5 Å². The minimum Gasteiger partial charge on any atom is -0.356 e. The van der Waals surface area contributed by atoms with E-state index in [2.05, 4.69) is 36.3 Å². The van der Waals surface area contributed by atoms with Crippen LogP contribution in [0.25, 0.3) is 27.6 Å². The fourth-order valence-electron chi connectivity index (χ4n) is 6.79. The molecule has 0 heterocycles. The number of anilines is 3. The topological polar surface area (TPSA) is 320 Å². The van der Waals surface area contributed by atoms with Crippen LogP contribution in [0.3, 0.4) is 0 Å². The highest BCUT2D eigenvalue weighted by molar-refractivity contribution is 7.91. The van der Waals surface area contributed by atoms with E-state index in [9.17, 15) is 56.7 Å². The van der Waals surface area contributed by atoms with Crippen LogP contribution in [0.15, 0.2) is 179 Å². The summed E-state index contributed by atoms with van der Waals surface area (Å²) in [5.41, 5.74) is 3.66. The first-order chi connectivity index (χ1) is 31.1. The Hall–Kier alpha value is -7.42. The first kappa shape index (κ1) is 45.2. The lowest BCUT2D eigenvalue weighted by Crippen LogP contribution is -2.27. The van der Waals surface area contributed by atoms with Crippen LogP contribution in [0.2, 0.25) is 0 Å². The minimum atomic E-state index is -4.97. The van der Waals surface area contributed by atoms with Crippen molar-refractivity contribution in [1.29, 1.82) is 0 Å². The highest BCUT2D eigenvalue weighted by atomic mass is 32.2. The lowest BCUT2D eigenvalue weighted by atomic mass is 9.94. The largest absolute Gasteiger partial charge is 0.356 e. The molecule has 6 N–H and O–H groups in total. The van der Waals surface area contributed by atoms with E-state index >= 15 is 0 Å². The number of carbonyl (C=O) groups excluding carboxylic acids is 1. The SMILES string of the molecule is O=C1/C(=N/Nc2ccc(N=Nc3ccc(N=Nc4cc(S(=O)(=O)O)ccc4S(=O)(=O)O)c4ccc(S(=O)(=O)O)cc34)c3ccccc23)C(S(=O)(=O)O)=Cc2cc(Nc3ccccc3)ccc21. The molecule has 0 aromatic heterocycles. The zero-order chi connectivity index (χ0) is 47.2. The zero-order valence-electron chi connectivity index (χ0n) is 33.1. The summed E-state index contributed by atoms with van der Waals surface area (Å²) in [5.74, 6) is -0.778. The van der Waals surface area contributed by atoms with Crippen LogP contribution in [-0.2, 0) is 40.5 Å². The number of hydrogen-bond acceptors (Lipinski definition) is 16. The number of carbonyl (C=O) groups is 1. The minimum absolute atomic E-state index is 0.0303. The quantitative estimate of drug-likeness (QED) is 0.0377. The van der Waals surface area contributed by atoms with Crippen LogP contribution in [0.1, 0.15) is 15.9 Å². The summed E-state index contributed by atoms with van der Waals surface area (Å²) >= 11 is 0. The highest BCUT2D eigenvalue weighted by Gasteiger charge is 2.33. The van der Waals surface area contributed by atoms with Crippen molar-refractivity contribution in [2.45, 2.75) is 14.7 Å². The van der Waals surface area contributed by atoms with Crippen LogP contribution in [0, 0.1) is 0 Å². The van der Waals surface area contributed by atoms with E-state index in [0.29, 0.717) is 28.6 Å². The van der Waals surface area contributed by atoms with Gasteiger partial charge >= 0.3 is 0 Å². The molecule has 20 nitrogen and oxygen atoms in total. The summed E-state index contributed by atoms with van der Waals surface area (Å²) in [6.07, 6.45) is 1.15. The molecular formula is C42H29N7O13S4. The van der Waals surface area contributed by atoms with E-state index < -0.39 is 77.2 Å². The maximum Gasteiger partial charge on any atom is 0.296 e. The summed E-state index contributed by atoms with van der Waals surface area (Å²) in [6.45, 7) is 0. The molecule has 1 aliphatic carbocycles. The van der Waals surface area contributed by atoms with Crippen molar-refractivity contribution >= 4 is 119 Å². The Morgan fingerprint density at radius 3 is 1.65 bits per heavy atom. The number of azo groups is 2. The number of benzene rings is 7. The van der Waals surface area contributed by atoms with Gasteiger partial charge in [-0.25, -0.2) is 0 Å². The Kier molecular flexibility index (Phi) is 11.8. The molecule has 7 aromatic rings. The molecule has 0 radical (unpaired) electrons. The van der Waals surface area contributed by atoms with Crippen LogP contribution in [-0.4, -0.2) is 63.4 Å². The summed E-state index contributed by atoms with van der Waals surface area (Å²) < 4.78 is 136. The molecule has 66 heavy (non-hydrogen) atoms. The van der Waals surface area contributed by atoms with Gasteiger partial charge in [0.2, 0.25) is 5.78 Å². The summed E-state index contributed by atoms with van der Waals surface area (Å²) in [4.78, 5) is 10.9. The standard InChI is InChI=1S/C42H29N7O13S4/c50-42-29-13-10-26(43-25-6-2-1-3-7-25)20-24(29)21-40(66(60,61)62)41(42)49-47-35-16-15-34(30-8-4-5-9-31(30)35)44-46-37-18-17-36(32-14-11-27(22-33(32)37)63(51,52)53)45-48-38-23-28(64(54,55)56)12-19-39(38)65(57,58)59/h1-23,43,47H,(H,51,52,53)(H,54,55,56)(H,57,58,59)(H,60,61,62)/b46-44?,48-45?,49-41+. The average Bonchev–Trinajstić information content (AvgIpc) is 3.26. The summed E-state index contributed by atoms with van der Waals surface area (Å²) in [5, 5.41) is 25.0. The fourth-order valence-corrected chi connectivity index (χ4v) is 9.06. The molecule has 0 amide bonds. The molecule has 334 valence electrons. The number of nitrogens with one attached hydrogen (secondary N) is 2. The molecule has 24 heteroatoms. The predicted molar refractivity (Wildman–Crippen MR) is 243 cm³/mol. The maximum absolute atomic E-state index is 13.7. The van der Waals surface area contributed by atoms with Crippen LogP contribution in [0.5, 0.6) is 0 Å². The van der Waals surface area contributed by atoms with Crippen molar-refractivity contribution in [1.82, 2.24) is 0 Å². The van der Waals surface area contributed by atoms with E-state index in [-0.39, 0.29) is 44.6 Å². The number of nitrogens with zero attached hydrogens (tertiary/aromatic N) is 5. The average molecular weight is 968 g/mol. The number of hydrazone groups is 1. The number of ketones is 1. The Balaban J connectivity index is 1.14. The molecular weight excluding hydrogens is 939 g/mol. The monoisotopic (exact) mass is 967 g/mol. The van der Waals surface area contributed by atoms with Crippen molar-refractivity contribution in [3.63, 3.8) is 0 Å². The molecule has 0 spiro atoms. The number of hydrogen-bond donors (Lipinski definition) is 6. The molecule has 0 unspecified atom stereocenters. The lowest BCUT2D eigenvalue weighted by Gasteiger charge is -2.18. The smallest absolute Gasteiger partial charge is 0.296 e. The van der Waals surface area contributed by atoms with Gasteiger partial charge in [-0.1, -0.05) is 48.5 Å². The fraction of sp³-hybridized carbons (Fsp3) is 0. The van der Waals surface area contributed by atoms with Crippen LogP contribution < -0.4 is 10.7 Å². The second kappa shape index (κ2) is 17.2. The van der Waals surface area contributed by atoms with E-state index in [4.69, 9.17) is 0 Å². The van der Waals surface area contributed by atoms with Crippen molar-refractivity contribution in [3.8, 4) is 0 Å². The number of rotatable bonds is 12. The molecule has 1 aliphatic rings. The van der Waals surface area contributed by atoms with Crippen LogP contribution in [0.4, 0.5) is 39.8 Å². The van der Waals surface area contributed by atoms with Gasteiger partial charge in [0.05, 0.1) is 32.5 Å². The van der Waals surface area contributed by atoms with Crippen molar-refractivity contribution in [2.24, 2.45) is 25.6 Å². The highest BCUT2D eigenvalue weighted by Crippen LogP contribution is 2.39. The van der Waals surface area contributed by atoms with Gasteiger partial charge in [-0.3, -0.25) is 28.4 Å². The second-order valence-electron chi connectivity index (χ2n) is 14.1. The Bertz CT molecular complexity index is 3790. The van der Waals surface area contributed by atoms with E-state index in [0.717, 1.165) is 30.0 Å². The molecule has 0 saturated heterocycles. The summed E-state index contributed by atoms with van der Waals surface area (Å²) in [7, 11) is -19.6. The summed E-state index contributed by atoms with van der Waals surface area (Å²) in [6, 6.07) is 31.6. The van der Waals surface area contributed by atoms with Gasteiger partial charge < -0.3 is 5.32 Å².